The molecule has 0 radical (unpaired) electrons. The van der Waals surface area contributed by atoms with Gasteiger partial charge in [0.1, 0.15) is 11.8 Å². The van der Waals surface area contributed by atoms with Crippen molar-refractivity contribution in [3.05, 3.63) is 51.1 Å². The third kappa shape index (κ3) is 2.58. The largest absolute Gasteiger partial charge is 0.503 e. The van der Waals surface area contributed by atoms with Crippen molar-refractivity contribution in [2.75, 3.05) is 0 Å². The van der Waals surface area contributed by atoms with Crippen LogP contribution in [0, 0.1) is 13.8 Å². The average molecular weight is 372 g/mol. The highest BCUT2D eigenvalue weighted by Crippen LogP contribution is 2.43. The second-order valence-corrected chi connectivity index (χ2v) is 8.01. The molecule has 2 aromatic heterocycles. The van der Waals surface area contributed by atoms with E-state index < -0.39 is 17.7 Å². The first-order chi connectivity index (χ1) is 12.5. The minimum Gasteiger partial charge on any atom is -0.503 e. The fourth-order valence-corrected chi connectivity index (χ4v) is 4.88. The highest BCUT2D eigenvalue weighted by atomic mass is 32.1. The monoisotopic (exact) mass is 372 g/mol. The number of carbonyl (C=O) groups is 2. The van der Waals surface area contributed by atoms with Gasteiger partial charge in [-0.3, -0.25) is 9.59 Å². The van der Waals surface area contributed by atoms with Crippen LogP contribution in [-0.2, 0) is 4.79 Å². The summed E-state index contributed by atoms with van der Waals surface area (Å²) in [6.07, 6.45) is 5.34. The predicted octanol–water partition coefficient (Wildman–Crippen LogP) is 3.87. The van der Waals surface area contributed by atoms with Gasteiger partial charge >= 0.3 is 0 Å². The molecule has 1 fully saturated rings. The number of ketones is 1. The van der Waals surface area contributed by atoms with Gasteiger partial charge in [-0.1, -0.05) is 12.8 Å². The number of nitrogens with zero attached hydrogens (tertiary/aromatic N) is 2. The van der Waals surface area contributed by atoms with Crippen molar-refractivity contribution in [2.24, 2.45) is 0 Å². The number of aryl methyl sites for hydroxylation is 2. The van der Waals surface area contributed by atoms with Gasteiger partial charge in [0, 0.05) is 6.04 Å². The van der Waals surface area contributed by atoms with Gasteiger partial charge in [-0.25, -0.2) is 4.98 Å². The fourth-order valence-electron chi connectivity index (χ4n) is 4.00. The van der Waals surface area contributed by atoms with E-state index in [2.05, 4.69) is 4.98 Å². The topological polar surface area (TPSA) is 83.6 Å². The number of furan rings is 1. The van der Waals surface area contributed by atoms with Gasteiger partial charge in [0.25, 0.3) is 5.91 Å². The maximum Gasteiger partial charge on any atom is 0.290 e. The van der Waals surface area contributed by atoms with Crippen LogP contribution in [0.3, 0.4) is 0 Å². The normalized spacial score (nSPS) is 21.2. The molecule has 1 saturated carbocycles. The number of hydrogen-bond donors (Lipinski definition) is 1. The minimum atomic E-state index is -0.685. The molecule has 0 saturated heterocycles. The van der Waals surface area contributed by atoms with E-state index in [9.17, 15) is 14.7 Å². The first-order valence-electron chi connectivity index (χ1n) is 8.77. The Labute approximate surface area is 155 Å². The van der Waals surface area contributed by atoms with E-state index in [1.54, 1.807) is 24.0 Å². The van der Waals surface area contributed by atoms with Gasteiger partial charge in [-0.15, -0.1) is 11.3 Å². The van der Waals surface area contributed by atoms with E-state index in [4.69, 9.17) is 4.42 Å². The van der Waals surface area contributed by atoms with Crippen molar-refractivity contribution in [2.45, 2.75) is 51.6 Å². The van der Waals surface area contributed by atoms with Crippen LogP contribution in [0.5, 0.6) is 0 Å². The molecule has 136 valence electrons. The van der Waals surface area contributed by atoms with Gasteiger partial charge < -0.3 is 14.4 Å². The second kappa shape index (κ2) is 6.39. The molecule has 1 amide bonds. The third-order valence-corrected chi connectivity index (χ3v) is 6.20. The number of hydrogen-bond acceptors (Lipinski definition) is 6. The van der Waals surface area contributed by atoms with Crippen molar-refractivity contribution in [3.63, 3.8) is 0 Å². The van der Waals surface area contributed by atoms with Crippen LogP contribution in [0.4, 0.5) is 0 Å². The summed E-state index contributed by atoms with van der Waals surface area (Å²) in [5.74, 6) is -0.799. The van der Waals surface area contributed by atoms with E-state index in [-0.39, 0.29) is 17.4 Å². The fraction of sp³-hybridized carbons (Fsp3) is 0.421. The lowest BCUT2D eigenvalue weighted by Gasteiger charge is -2.30. The molecule has 6 nitrogen and oxygen atoms in total. The molecule has 1 unspecified atom stereocenters. The molecular weight excluding hydrogens is 352 g/mol. The Morgan fingerprint density at radius 3 is 2.65 bits per heavy atom. The zero-order valence-electron chi connectivity index (χ0n) is 14.7. The maximum atomic E-state index is 13.2. The van der Waals surface area contributed by atoms with Crippen molar-refractivity contribution in [3.8, 4) is 0 Å². The van der Waals surface area contributed by atoms with Crippen molar-refractivity contribution in [1.29, 1.82) is 0 Å². The van der Waals surface area contributed by atoms with Crippen LogP contribution >= 0.6 is 11.3 Å². The number of aliphatic hydroxyl groups is 1. The number of thiazole rings is 1. The van der Waals surface area contributed by atoms with Gasteiger partial charge in [-0.05, 0) is 38.8 Å². The summed E-state index contributed by atoms with van der Waals surface area (Å²) in [6.45, 7) is 3.60. The minimum absolute atomic E-state index is 0.00865. The Morgan fingerprint density at radius 2 is 2.08 bits per heavy atom. The van der Waals surface area contributed by atoms with E-state index >= 15 is 0 Å². The van der Waals surface area contributed by atoms with Crippen LogP contribution < -0.4 is 0 Å². The van der Waals surface area contributed by atoms with Crippen molar-refractivity contribution >= 4 is 23.0 Å². The predicted molar refractivity (Wildman–Crippen MR) is 96.1 cm³/mol. The molecule has 3 heterocycles. The maximum absolute atomic E-state index is 13.2. The summed E-state index contributed by atoms with van der Waals surface area (Å²) in [4.78, 5) is 32.5. The Balaban J connectivity index is 1.81. The summed E-state index contributed by atoms with van der Waals surface area (Å²) < 4.78 is 5.55. The highest BCUT2D eigenvalue weighted by molar-refractivity contribution is 7.14. The first kappa shape index (κ1) is 17.0. The zero-order valence-corrected chi connectivity index (χ0v) is 15.5. The van der Waals surface area contributed by atoms with E-state index in [0.717, 1.165) is 30.7 Å². The molecule has 2 aromatic rings. The van der Waals surface area contributed by atoms with E-state index in [0.29, 0.717) is 16.3 Å². The number of rotatable bonds is 4. The van der Waals surface area contributed by atoms with Crippen molar-refractivity contribution < 1.29 is 19.1 Å². The SMILES string of the molecule is Cc1nc(C)c(C(=O)C2=C(O)C(=O)N(C3CCCC3)C2c2ccco2)s1. The molecule has 1 aliphatic carbocycles. The molecule has 1 N–H and O–H groups in total. The smallest absolute Gasteiger partial charge is 0.290 e. The van der Waals surface area contributed by atoms with E-state index in [1.807, 2.05) is 6.92 Å². The summed E-state index contributed by atoms with van der Waals surface area (Å²) in [5, 5.41) is 11.4. The number of amides is 1. The third-order valence-electron chi connectivity index (χ3n) is 5.13. The van der Waals surface area contributed by atoms with Gasteiger partial charge in [0.05, 0.1) is 27.4 Å². The number of Topliss-reactive ketones (excluding diaryl/α,β-unsaturated/α-hetero) is 1. The van der Waals surface area contributed by atoms with Crippen LogP contribution in [0.25, 0.3) is 0 Å². The number of carbonyl (C=O) groups excluding carboxylic acids is 2. The van der Waals surface area contributed by atoms with Crippen LogP contribution in [0.1, 0.15) is 57.9 Å². The Bertz CT molecular complexity index is 891. The van der Waals surface area contributed by atoms with Crippen LogP contribution in [0.15, 0.2) is 34.1 Å². The second-order valence-electron chi connectivity index (χ2n) is 6.81. The number of aliphatic hydroxyl groups excluding tert-OH is 1. The Morgan fingerprint density at radius 1 is 1.35 bits per heavy atom. The lowest BCUT2D eigenvalue weighted by atomic mass is 9.98. The van der Waals surface area contributed by atoms with Gasteiger partial charge in [0.15, 0.2) is 5.76 Å². The molecule has 4 rings (SSSR count). The average Bonchev–Trinajstić information content (AvgIpc) is 3.36. The quantitative estimate of drug-likeness (QED) is 0.824. The standard InChI is InChI=1S/C19H20N2O4S/c1-10-18(26-11(2)20-10)16(22)14-15(13-8-5-9-25-13)21(19(24)17(14)23)12-6-3-4-7-12/h5,8-9,12,15,23H,3-4,6-7H2,1-2H3. The summed E-state index contributed by atoms with van der Waals surface area (Å²) in [5.41, 5.74) is 0.714. The first-order valence-corrected chi connectivity index (χ1v) is 9.58. The van der Waals surface area contributed by atoms with Crippen molar-refractivity contribution in [1.82, 2.24) is 9.88 Å². The highest BCUT2D eigenvalue weighted by Gasteiger charge is 2.48. The van der Waals surface area contributed by atoms with Crippen LogP contribution in [-0.4, -0.2) is 32.7 Å². The van der Waals surface area contributed by atoms with Gasteiger partial charge in [0.2, 0.25) is 5.78 Å². The van der Waals surface area contributed by atoms with Gasteiger partial charge in [-0.2, -0.15) is 0 Å². The summed E-state index contributed by atoms with van der Waals surface area (Å²) >= 11 is 1.28. The molecule has 0 spiro atoms. The lowest BCUT2D eigenvalue weighted by molar-refractivity contribution is -0.132. The summed E-state index contributed by atoms with van der Waals surface area (Å²) in [7, 11) is 0. The molecule has 0 aromatic carbocycles. The molecule has 0 bridgehead atoms. The molecule has 1 aliphatic heterocycles. The summed E-state index contributed by atoms with van der Waals surface area (Å²) in [6, 6.07) is 2.80. The molecule has 2 aliphatic rings. The molecular formula is C19H20N2O4S. The molecule has 1 atom stereocenters. The lowest BCUT2D eigenvalue weighted by Crippen LogP contribution is -2.38. The molecule has 26 heavy (non-hydrogen) atoms. The number of aromatic nitrogens is 1. The molecule has 7 heteroatoms. The Kier molecular flexibility index (Phi) is 4.19. The Hall–Kier alpha value is -2.41. The zero-order chi connectivity index (χ0) is 18.4. The van der Waals surface area contributed by atoms with Crippen LogP contribution in [0.2, 0.25) is 0 Å². The van der Waals surface area contributed by atoms with E-state index in [1.165, 1.54) is 17.6 Å².